The zero-order valence-electron chi connectivity index (χ0n) is 8.31. The van der Waals surface area contributed by atoms with Gasteiger partial charge in [0.1, 0.15) is 0 Å². The Hall–Kier alpha value is -2.01. The van der Waals surface area contributed by atoms with Gasteiger partial charge in [0.15, 0.2) is 6.29 Å². The number of rotatable bonds is 3. The van der Waals surface area contributed by atoms with Gasteiger partial charge in [-0.1, -0.05) is 12.1 Å². The Morgan fingerprint density at radius 1 is 1.40 bits per heavy atom. The lowest BCUT2D eigenvalue weighted by Gasteiger charge is -2.02. The lowest BCUT2D eigenvalue weighted by molar-refractivity contribution is 0.112. The quantitative estimate of drug-likeness (QED) is 0.547. The van der Waals surface area contributed by atoms with Gasteiger partial charge in [-0.25, -0.2) is 0 Å². The second-order valence-electron chi connectivity index (χ2n) is 3.36. The molecule has 74 valence electrons. The summed E-state index contributed by atoms with van der Waals surface area (Å²) in [6.45, 7) is 0.794. The van der Waals surface area contributed by atoms with Gasteiger partial charge in [-0.15, -0.1) is 12.3 Å². The minimum absolute atomic E-state index is 0.703. The van der Waals surface area contributed by atoms with E-state index in [1.54, 1.807) is 0 Å². The molecule has 0 spiro atoms. The number of carbonyl (C=O) groups is 1. The summed E-state index contributed by atoms with van der Waals surface area (Å²) in [5.74, 6) is 2.61. The Labute approximate surface area is 88.5 Å². The SMILES string of the molecule is C#CCCn1ccc2c(C=O)cccc21. The fourth-order valence-electron chi connectivity index (χ4n) is 1.73. The van der Waals surface area contributed by atoms with Gasteiger partial charge in [0.05, 0.1) is 0 Å². The maximum absolute atomic E-state index is 10.8. The molecule has 0 amide bonds. The van der Waals surface area contributed by atoms with Crippen LogP contribution < -0.4 is 0 Å². The first-order valence-corrected chi connectivity index (χ1v) is 4.83. The molecule has 2 heteroatoms. The van der Waals surface area contributed by atoms with Gasteiger partial charge in [-0.05, 0) is 12.1 Å². The molecular weight excluding hydrogens is 186 g/mol. The predicted molar refractivity (Wildman–Crippen MR) is 60.8 cm³/mol. The Morgan fingerprint density at radius 3 is 3.00 bits per heavy atom. The molecule has 2 nitrogen and oxygen atoms in total. The minimum atomic E-state index is 0.703. The summed E-state index contributed by atoms with van der Waals surface area (Å²) in [6.07, 6.45) is 8.78. The van der Waals surface area contributed by atoms with Crippen LogP contribution in [0.25, 0.3) is 10.9 Å². The van der Waals surface area contributed by atoms with Gasteiger partial charge in [0.25, 0.3) is 0 Å². The van der Waals surface area contributed by atoms with E-state index in [1.807, 2.05) is 30.5 Å². The van der Waals surface area contributed by atoms with Crippen LogP contribution in [-0.2, 0) is 6.54 Å². The zero-order valence-corrected chi connectivity index (χ0v) is 8.31. The molecule has 0 aliphatic carbocycles. The van der Waals surface area contributed by atoms with Crippen molar-refractivity contribution in [3.8, 4) is 12.3 Å². The molecule has 0 fully saturated rings. The van der Waals surface area contributed by atoms with Crippen LogP contribution in [0.3, 0.4) is 0 Å². The minimum Gasteiger partial charge on any atom is -0.347 e. The average Bonchev–Trinajstić information content (AvgIpc) is 2.69. The zero-order chi connectivity index (χ0) is 10.7. The van der Waals surface area contributed by atoms with Crippen LogP contribution in [-0.4, -0.2) is 10.9 Å². The van der Waals surface area contributed by atoms with E-state index in [1.165, 1.54) is 0 Å². The second kappa shape index (κ2) is 4.02. The fourth-order valence-corrected chi connectivity index (χ4v) is 1.73. The number of benzene rings is 1. The van der Waals surface area contributed by atoms with Crippen molar-refractivity contribution in [1.82, 2.24) is 4.57 Å². The fraction of sp³-hybridized carbons (Fsp3) is 0.154. The molecule has 0 saturated heterocycles. The van der Waals surface area contributed by atoms with Crippen LogP contribution in [0, 0.1) is 12.3 Å². The first kappa shape index (κ1) is 9.54. The summed E-state index contributed by atoms with van der Waals surface area (Å²) in [6, 6.07) is 7.66. The molecule has 15 heavy (non-hydrogen) atoms. The van der Waals surface area contributed by atoms with E-state index in [0.29, 0.717) is 6.42 Å². The van der Waals surface area contributed by atoms with Crippen LogP contribution in [0.1, 0.15) is 16.8 Å². The molecule has 1 aromatic carbocycles. The molecule has 0 bridgehead atoms. The normalized spacial score (nSPS) is 10.1. The third-order valence-electron chi connectivity index (χ3n) is 2.47. The van der Waals surface area contributed by atoms with Crippen LogP contribution in [0.2, 0.25) is 0 Å². The molecule has 0 atom stereocenters. The highest BCUT2D eigenvalue weighted by atomic mass is 16.1. The van der Waals surface area contributed by atoms with Crippen molar-refractivity contribution < 1.29 is 4.79 Å². The molecule has 0 aliphatic rings. The first-order valence-electron chi connectivity index (χ1n) is 4.83. The van der Waals surface area contributed by atoms with Gasteiger partial charge in [0.2, 0.25) is 0 Å². The van der Waals surface area contributed by atoms with E-state index < -0.39 is 0 Å². The molecular formula is C13H11NO. The van der Waals surface area contributed by atoms with Crippen LogP contribution in [0.15, 0.2) is 30.5 Å². The van der Waals surface area contributed by atoms with Gasteiger partial charge >= 0.3 is 0 Å². The number of aromatic nitrogens is 1. The van der Waals surface area contributed by atoms with Crippen molar-refractivity contribution in [1.29, 1.82) is 0 Å². The maximum atomic E-state index is 10.8. The summed E-state index contributed by atoms with van der Waals surface area (Å²) in [5, 5.41) is 0.990. The lowest BCUT2D eigenvalue weighted by Crippen LogP contribution is -1.94. The molecule has 0 saturated carbocycles. The Bertz CT molecular complexity index is 531. The van der Waals surface area contributed by atoms with Crippen LogP contribution in [0.5, 0.6) is 0 Å². The van der Waals surface area contributed by atoms with Crippen LogP contribution >= 0.6 is 0 Å². The van der Waals surface area contributed by atoms with Gasteiger partial charge in [-0.3, -0.25) is 4.79 Å². The number of hydrogen-bond acceptors (Lipinski definition) is 1. The largest absolute Gasteiger partial charge is 0.347 e. The highest BCUT2D eigenvalue weighted by Crippen LogP contribution is 2.19. The summed E-state index contributed by atoms with van der Waals surface area (Å²) >= 11 is 0. The molecule has 0 N–H and O–H groups in total. The van der Waals surface area contributed by atoms with Crippen molar-refractivity contribution in [2.75, 3.05) is 0 Å². The van der Waals surface area contributed by atoms with Crippen molar-refractivity contribution in [2.24, 2.45) is 0 Å². The number of aryl methyl sites for hydroxylation is 1. The third-order valence-corrected chi connectivity index (χ3v) is 2.47. The number of fused-ring (bicyclic) bond motifs is 1. The number of carbonyl (C=O) groups excluding carboxylic acids is 1. The number of nitrogens with zero attached hydrogens (tertiary/aromatic N) is 1. The summed E-state index contributed by atoms with van der Waals surface area (Å²) in [7, 11) is 0. The molecule has 2 aromatic rings. The third kappa shape index (κ3) is 1.64. The Kier molecular flexibility index (Phi) is 2.55. The maximum Gasteiger partial charge on any atom is 0.150 e. The predicted octanol–water partition coefficient (Wildman–Crippen LogP) is 2.48. The summed E-state index contributed by atoms with van der Waals surface area (Å²) < 4.78 is 2.07. The Balaban J connectivity index is 2.52. The lowest BCUT2D eigenvalue weighted by atomic mass is 10.1. The van der Waals surface area contributed by atoms with Crippen molar-refractivity contribution in [2.45, 2.75) is 13.0 Å². The number of terminal acetylenes is 1. The molecule has 0 radical (unpaired) electrons. The second-order valence-corrected chi connectivity index (χ2v) is 3.36. The van der Waals surface area contributed by atoms with Gasteiger partial charge in [-0.2, -0.15) is 0 Å². The smallest absolute Gasteiger partial charge is 0.150 e. The van der Waals surface area contributed by atoms with E-state index in [9.17, 15) is 4.79 Å². The number of hydrogen-bond donors (Lipinski definition) is 0. The first-order chi connectivity index (χ1) is 7.36. The van der Waals surface area contributed by atoms with Gasteiger partial charge in [0, 0.05) is 35.6 Å². The van der Waals surface area contributed by atoms with Crippen LogP contribution in [0.4, 0.5) is 0 Å². The standard InChI is InChI=1S/C13H11NO/c1-2-3-8-14-9-7-12-11(10-15)5-4-6-13(12)14/h1,4-7,9-10H,3,8H2. The molecule has 1 heterocycles. The molecule has 2 rings (SSSR count). The Morgan fingerprint density at radius 2 is 2.27 bits per heavy atom. The average molecular weight is 197 g/mol. The van der Waals surface area contributed by atoms with E-state index >= 15 is 0 Å². The van der Waals surface area contributed by atoms with Crippen molar-refractivity contribution >= 4 is 17.2 Å². The number of aldehydes is 1. The molecule has 0 unspecified atom stereocenters. The highest BCUT2D eigenvalue weighted by molar-refractivity contribution is 5.97. The van der Waals surface area contributed by atoms with E-state index in [4.69, 9.17) is 6.42 Å². The monoisotopic (exact) mass is 197 g/mol. The van der Waals surface area contributed by atoms with E-state index in [2.05, 4.69) is 10.5 Å². The summed E-state index contributed by atoms with van der Waals surface area (Å²) in [4.78, 5) is 10.8. The van der Waals surface area contributed by atoms with Crippen molar-refractivity contribution in [3.05, 3.63) is 36.0 Å². The van der Waals surface area contributed by atoms with Gasteiger partial charge < -0.3 is 4.57 Å². The van der Waals surface area contributed by atoms with Crippen molar-refractivity contribution in [3.63, 3.8) is 0 Å². The molecule has 1 aromatic heterocycles. The highest BCUT2D eigenvalue weighted by Gasteiger charge is 2.03. The van der Waals surface area contributed by atoms with E-state index in [0.717, 1.165) is 29.3 Å². The summed E-state index contributed by atoms with van der Waals surface area (Å²) in [5.41, 5.74) is 1.79. The molecule has 0 aliphatic heterocycles. The van der Waals surface area contributed by atoms with E-state index in [-0.39, 0.29) is 0 Å². The topological polar surface area (TPSA) is 22.0 Å².